The number of carbonyl (C=O) groups excluding carboxylic acids is 1. The van der Waals surface area contributed by atoms with E-state index in [9.17, 15) is 9.18 Å². The number of nitrogens with one attached hydrogen (secondary N) is 2. The van der Waals surface area contributed by atoms with Gasteiger partial charge in [0.1, 0.15) is 23.1 Å². The lowest BCUT2D eigenvalue weighted by Gasteiger charge is -2.12. The third kappa shape index (κ3) is 4.08. The number of fused-ring (bicyclic) bond motifs is 1. The van der Waals surface area contributed by atoms with Gasteiger partial charge in [0.2, 0.25) is 0 Å². The number of aromatic nitrogens is 2. The van der Waals surface area contributed by atoms with E-state index in [4.69, 9.17) is 15.2 Å². The molecular weight excluding hydrogens is 409 g/mol. The molecule has 10 heteroatoms. The molecule has 0 saturated heterocycles. The molecule has 0 aliphatic carbocycles. The van der Waals surface area contributed by atoms with Gasteiger partial charge in [0.25, 0.3) is 0 Å². The fourth-order valence-corrected chi connectivity index (χ4v) is 3.28. The maximum Gasteiger partial charge on any atom is 0.325 e. The number of nitrogens with zero attached hydrogens (tertiary/aromatic N) is 2. The van der Waals surface area contributed by atoms with Gasteiger partial charge >= 0.3 is 6.03 Å². The third-order valence-electron chi connectivity index (χ3n) is 4.12. The van der Waals surface area contributed by atoms with Crippen LogP contribution in [0.4, 0.5) is 25.7 Å². The maximum absolute atomic E-state index is 14.5. The lowest BCUT2D eigenvalue weighted by atomic mass is 10.1. The lowest BCUT2D eigenvalue weighted by Crippen LogP contribution is -2.19. The van der Waals surface area contributed by atoms with Crippen LogP contribution < -0.4 is 25.8 Å². The minimum absolute atomic E-state index is 0.00460. The molecule has 0 unspecified atom stereocenters. The Balaban J connectivity index is 1.54. The first-order valence-corrected chi connectivity index (χ1v) is 9.58. The van der Waals surface area contributed by atoms with Gasteiger partial charge < -0.3 is 20.5 Å². The summed E-state index contributed by atoms with van der Waals surface area (Å²) < 4.78 is 25.5. The van der Waals surface area contributed by atoms with Crippen molar-refractivity contribution < 1.29 is 18.7 Å². The molecule has 8 nitrogen and oxygen atoms in total. The Hall–Kier alpha value is -3.92. The minimum atomic E-state index is -0.652. The van der Waals surface area contributed by atoms with Crippen molar-refractivity contribution in [3.05, 3.63) is 60.0 Å². The number of carbonyl (C=O) groups is 1. The Kier molecular flexibility index (Phi) is 5.31. The molecule has 0 aliphatic heterocycles. The second-order valence-corrected chi connectivity index (χ2v) is 6.98. The van der Waals surface area contributed by atoms with E-state index < -0.39 is 11.8 Å². The van der Waals surface area contributed by atoms with Crippen molar-refractivity contribution in [1.82, 2.24) is 9.97 Å². The van der Waals surface area contributed by atoms with Crippen molar-refractivity contribution in [3.8, 4) is 17.2 Å². The van der Waals surface area contributed by atoms with E-state index in [2.05, 4.69) is 20.6 Å². The Morgan fingerprint density at radius 1 is 1.10 bits per heavy atom. The Morgan fingerprint density at radius 3 is 2.70 bits per heavy atom. The van der Waals surface area contributed by atoms with E-state index in [1.54, 1.807) is 42.0 Å². The molecule has 152 valence electrons. The van der Waals surface area contributed by atoms with Crippen LogP contribution in [-0.2, 0) is 0 Å². The van der Waals surface area contributed by atoms with E-state index in [1.807, 2.05) is 0 Å². The van der Waals surface area contributed by atoms with Gasteiger partial charge in [-0.25, -0.2) is 14.2 Å². The van der Waals surface area contributed by atoms with Crippen LogP contribution >= 0.6 is 11.3 Å². The van der Waals surface area contributed by atoms with Crippen LogP contribution in [0.5, 0.6) is 17.2 Å². The lowest BCUT2D eigenvalue weighted by molar-refractivity contribution is 0.262. The number of nitrogen functional groups attached to an aromatic ring is 1. The normalized spacial score (nSPS) is 10.6. The fourth-order valence-electron chi connectivity index (χ4n) is 2.75. The third-order valence-corrected chi connectivity index (χ3v) is 4.81. The highest BCUT2D eigenvalue weighted by atomic mass is 32.1. The molecular formula is C20H16FN5O3S. The summed E-state index contributed by atoms with van der Waals surface area (Å²) in [4.78, 5) is 20.2. The number of benzene rings is 2. The van der Waals surface area contributed by atoms with E-state index in [-0.39, 0.29) is 11.4 Å². The van der Waals surface area contributed by atoms with Crippen molar-refractivity contribution in [1.29, 1.82) is 0 Å². The standard InChI is InChI=1S/C20H16FN5O3S/c1-28-18-10-16-12(9-14(18)22)17(4-5-23-16)29-11-2-3-15(13(21)8-11)25-19(27)26-20-24-6-7-30-20/h2-10H,22H2,1H3,(H2,24,25,26,27). The summed E-state index contributed by atoms with van der Waals surface area (Å²) >= 11 is 1.26. The van der Waals surface area contributed by atoms with Gasteiger partial charge in [-0.1, -0.05) is 0 Å². The Bertz CT molecular complexity index is 1220. The number of amides is 2. The number of urea groups is 1. The molecule has 2 aromatic heterocycles. The van der Waals surface area contributed by atoms with Crippen LogP contribution in [0.25, 0.3) is 10.9 Å². The number of rotatable bonds is 5. The highest BCUT2D eigenvalue weighted by Crippen LogP contribution is 2.35. The van der Waals surface area contributed by atoms with Gasteiger partial charge in [-0.2, -0.15) is 0 Å². The summed E-state index contributed by atoms with van der Waals surface area (Å²) in [6, 6.07) is 8.58. The largest absolute Gasteiger partial charge is 0.495 e. The van der Waals surface area contributed by atoms with E-state index in [0.29, 0.717) is 33.2 Å². The smallest absolute Gasteiger partial charge is 0.325 e. The Morgan fingerprint density at radius 2 is 1.97 bits per heavy atom. The summed E-state index contributed by atoms with van der Waals surface area (Å²) in [6.07, 6.45) is 3.13. The predicted molar refractivity (Wildman–Crippen MR) is 114 cm³/mol. The quantitative estimate of drug-likeness (QED) is 0.394. The van der Waals surface area contributed by atoms with Gasteiger partial charge in [-0.3, -0.25) is 10.3 Å². The van der Waals surface area contributed by atoms with Crippen LogP contribution in [0.3, 0.4) is 0 Å². The summed E-state index contributed by atoms with van der Waals surface area (Å²) in [6.45, 7) is 0. The van der Waals surface area contributed by atoms with Crippen LogP contribution in [0.1, 0.15) is 0 Å². The summed E-state index contributed by atoms with van der Waals surface area (Å²) in [5.41, 5.74) is 7.04. The highest BCUT2D eigenvalue weighted by molar-refractivity contribution is 7.13. The van der Waals surface area contributed by atoms with Crippen molar-refractivity contribution >= 4 is 44.8 Å². The first-order valence-electron chi connectivity index (χ1n) is 8.70. The molecule has 0 spiro atoms. The number of ether oxygens (including phenoxy) is 2. The maximum atomic E-state index is 14.5. The molecule has 0 radical (unpaired) electrons. The number of pyridine rings is 1. The summed E-state index contributed by atoms with van der Waals surface area (Å²) in [5.74, 6) is 0.558. The molecule has 30 heavy (non-hydrogen) atoms. The number of thiazole rings is 1. The zero-order chi connectivity index (χ0) is 21.1. The number of anilines is 3. The van der Waals surface area contributed by atoms with Crippen molar-refractivity contribution in [2.24, 2.45) is 0 Å². The van der Waals surface area contributed by atoms with Crippen LogP contribution in [0.15, 0.2) is 54.2 Å². The average molecular weight is 425 g/mol. The van der Waals surface area contributed by atoms with Gasteiger partial charge in [-0.15, -0.1) is 11.3 Å². The molecule has 0 atom stereocenters. The fraction of sp³-hybridized carbons (Fsp3) is 0.0500. The SMILES string of the molecule is COc1cc2nccc(Oc3ccc(NC(=O)Nc4nccs4)c(F)c3)c2cc1N. The number of nitrogens with two attached hydrogens (primary N) is 1. The molecule has 2 aromatic carbocycles. The molecule has 2 amide bonds. The number of hydrogen-bond acceptors (Lipinski definition) is 7. The number of methoxy groups -OCH3 is 1. The molecule has 4 N–H and O–H groups in total. The van der Waals surface area contributed by atoms with E-state index in [0.717, 1.165) is 0 Å². The van der Waals surface area contributed by atoms with Crippen LogP contribution in [0, 0.1) is 5.82 Å². The predicted octanol–water partition coefficient (Wildman–Crippen LogP) is 4.86. The van der Waals surface area contributed by atoms with Gasteiger partial charge in [0.05, 0.1) is 24.0 Å². The topological polar surface area (TPSA) is 111 Å². The summed E-state index contributed by atoms with van der Waals surface area (Å²) in [7, 11) is 1.52. The van der Waals surface area contributed by atoms with Gasteiger partial charge in [0, 0.05) is 35.3 Å². The van der Waals surface area contributed by atoms with Gasteiger partial charge in [-0.05, 0) is 24.3 Å². The average Bonchev–Trinajstić information content (AvgIpc) is 3.23. The molecule has 4 aromatic rings. The monoisotopic (exact) mass is 425 g/mol. The highest BCUT2D eigenvalue weighted by Gasteiger charge is 2.12. The van der Waals surface area contributed by atoms with E-state index in [1.165, 1.54) is 30.6 Å². The van der Waals surface area contributed by atoms with Crippen molar-refractivity contribution in [2.45, 2.75) is 0 Å². The second kappa shape index (κ2) is 8.21. The molecule has 0 fully saturated rings. The van der Waals surface area contributed by atoms with Gasteiger partial charge in [0.15, 0.2) is 5.13 Å². The second-order valence-electron chi connectivity index (χ2n) is 6.08. The van der Waals surface area contributed by atoms with Crippen LogP contribution in [0.2, 0.25) is 0 Å². The number of hydrogen-bond donors (Lipinski definition) is 3. The van der Waals surface area contributed by atoms with Crippen molar-refractivity contribution in [3.63, 3.8) is 0 Å². The first kappa shape index (κ1) is 19.4. The number of halogens is 1. The molecule has 0 aliphatic rings. The summed E-state index contributed by atoms with van der Waals surface area (Å²) in [5, 5.41) is 7.73. The van der Waals surface area contributed by atoms with Crippen LogP contribution in [-0.4, -0.2) is 23.1 Å². The molecule has 2 heterocycles. The zero-order valence-corrected chi connectivity index (χ0v) is 16.5. The van der Waals surface area contributed by atoms with Crippen molar-refractivity contribution in [2.75, 3.05) is 23.5 Å². The molecule has 0 bridgehead atoms. The Labute approximate surface area is 174 Å². The van der Waals surface area contributed by atoms with E-state index >= 15 is 0 Å². The molecule has 0 saturated carbocycles. The molecule has 4 rings (SSSR count). The first-order chi connectivity index (χ1) is 14.5. The zero-order valence-electron chi connectivity index (χ0n) is 15.7. The minimum Gasteiger partial charge on any atom is -0.495 e.